The van der Waals surface area contributed by atoms with Crippen LogP contribution in [-0.4, -0.2) is 46.7 Å². The predicted octanol–water partition coefficient (Wildman–Crippen LogP) is 3.49. The zero-order valence-electron chi connectivity index (χ0n) is 18.5. The lowest BCUT2D eigenvalue weighted by molar-refractivity contribution is -0.135. The van der Waals surface area contributed by atoms with Crippen LogP contribution in [0.1, 0.15) is 56.7 Å². The van der Waals surface area contributed by atoms with Gasteiger partial charge in [-0.25, -0.2) is 4.79 Å². The van der Waals surface area contributed by atoms with Crippen molar-refractivity contribution in [1.82, 2.24) is 10.2 Å². The Morgan fingerprint density at radius 3 is 2.52 bits per heavy atom. The lowest BCUT2D eigenvalue weighted by atomic mass is 9.64. The highest BCUT2D eigenvalue weighted by molar-refractivity contribution is 6.07. The third kappa shape index (κ3) is 4.27. The third-order valence-corrected chi connectivity index (χ3v) is 6.31. The molecule has 0 radical (unpaired) electrons. The highest BCUT2D eigenvalue weighted by Crippen LogP contribution is 2.46. The Bertz CT molecular complexity index is 819. The highest BCUT2D eigenvalue weighted by Gasteiger charge is 2.56. The predicted molar refractivity (Wildman–Crippen MR) is 112 cm³/mol. The van der Waals surface area contributed by atoms with E-state index in [1.54, 1.807) is 0 Å². The van der Waals surface area contributed by atoms with Gasteiger partial charge in [-0.3, -0.25) is 9.69 Å². The molecule has 29 heavy (non-hydrogen) atoms. The Hall–Kier alpha value is -2.08. The number of benzene rings is 1. The van der Waals surface area contributed by atoms with Crippen LogP contribution < -0.4 is 10.1 Å². The maximum absolute atomic E-state index is 13.2. The SMILES string of the molecule is Cc1ccc(C)c(OC[C@H](O)CN2C(=O)N[C@]3(C[C@H](C)CC(C)(C)C3)C2=O)c1C. The number of aryl methyl sites for hydroxylation is 2. The van der Waals surface area contributed by atoms with Crippen molar-refractivity contribution in [2.45, 2.75) is 72.4 Å². The first kappa shape index (κ1) is 21.6. The van der Waals surface area contributed by atoms with Gasteiger partial charge >= 0.3 is 6.03 Å². The van der Waals surface area contributed by atoms with E-state index in [0.717, 1.165) is 33.8 Å². The van der Waals surface area contributed by atoms with Gasteiger partial charge in [-0.15, -0.1) is 0 Å². The maximum Gasteiger partial charge on any atom is 0.325 e. The van der Waals surface area contributed by atoms with Gasteiger partial charge in [0.1, 0.15) is 24.0 Å². The quantitative estimate of drug-likeness (QED) is 0.739. The zero-order chi connectivity index (χ0) is 21.6. The standard InChI is InChI=1S/C23H34N2O4/c1-14-9-22(5,6)13-23(10-14)20(27)25(21(28)24-23)11-18(26)12-29-19-16(3)8-7-15(2)17(19)4/h7-8,14,18,26H,9-13H2,1-6H3,(H,24,28)/t14-,18-,23+/m1/s1. The molecule has 3 amide bonds. The summed E-state index contributed by atoms with van der Waals surface area (Å²) in [6, 6.07) is 3.60. The summed E-state index contributed by atoms with van der Waals surface area (Å²) in [5, 5.41) is 13.4. The largest absolute Gasteiger partial charge is 0.490 e. The van der Waals surface area contributed by atoms with Crippen LogP contribution in [0.2, 0.25) is 0 Å². The normalized spacial score (nSPS) is 27.3. The minimum absolute atomic E-state index is 0.0153. The number of amides is 3. The molecule has 2 fully saturated rings. The first-order valence-electron chi connectivity index (χ1n) is 10.5. The van der Waals surface area contributed by atoms with Crippen LogP contribution in [0, 0.1) is 32.1 Å². The fourth-order valence-electron chi connectivity index (χ4n) is 5.26. The van der Waals surface area contributed by atoms with Crippen molar-refractivity contribution in [1.29, 1.82) is 0 Å². The van der Waals surface area contributed by atoms with Gasteiger partial charge in [-0.05, 0) is 68.1 Å². The van der Waals surface area contributed by atoms with Crippen molar-refractivity contribution in [2.75, 3.05) is 13.2 Å². The van der Waals surface area contributed by atoms with E-state index in [4.69, 9.17) is 4.74 Å². The molecule has 2 N–H and O–H groups in total. The number of rotatable bonds is 5. The molecule has 0 unspecified atom stereocenters. The number of nitrogens with one attached hydrogen (secondary N) is 1. The van der Waals surface area contributed by atoms with E-state index in [-0.39, 0.29) is 24.5 Å². The number of nitrogens with zero attached hydrogens (tertiary/aromatic N) is 1. The van der Waals surface area contributed by atoms with Crippen LogP contribution in [0.5, 0.6) is 5.75 Å². The van der Waals surface area contributed by atoms with Gasteiger partial charge in [0.05, 0.1) is 6.54 Å². The van der Waals surface area contributed by atoms with Crippen molar-refractivity contribution in [2.24, 2.45) is 11.3 Å². The van der Waals surface area contributed by atoms with Crippen molar-refractivity contribution in [3.05, 3.63) is 28.8 Å². The van der Waals surface area contributed by atoms with Crippen LogP contribution in [0.25, 0.3) is 0 Å². The summed E-state index contributed by atoms with van der Waals surface area (Å²) in [5.41, 5.74) is 2.28. The van der Waals surface area contributed by atoms with E-state index in [2.05, 4.69) is 26.1 Å². The summed E-state index contributed by atoms with van der Waals surface area (Å²) >= 11 is 0. The first-order valence-corrected chi connectivity index (χ1v) is 10.5. The molecule has 1 spiro atoms. The number of β-amino-alcohol motifs (C(OH)–C–C–N with tert-alkyl or cyclic N) is 1. The maximum atomic E-state index is 13.2. The van der Waals surface area contributed by atoms with Crippen LogP contribution in [0.3, 0.4) is 0 Å². The number of carbonyl (C=O) groups is 2. The van der Waals surface area contributed by atoms with Crippen molar-refractivity contribution in [3.63, 3.8) is 0 Å². The van der Waals surface area contributed by atoms with E-state index < -0.39 is 17.7 Å². The lowest BCUT2D eigenvalue weighted by Gasteiger charge is -2.43. The molecule has 1 aromatic rings. The second kappa shape index (κ2) is 7.63. The highest BCUT2D eigenvalue weighted by atomic mass is 16.5. The second-order valence-corrected chi connectivity index (χ2v) is 9.90. The molecule has 6 heteroatoms. The second-order valence-electron chi connectivity index (χ2n) is 9.90. The summed E-state index contributed by atoms with van der Waals surface area (Å²) in [5.74, 6) is 0.883. The molecule has 6 nitrogen and oxygen atoms in total. The number of imide groups is 1. The van der Waals surface area contributed by atoms with Gasteiger partial charge in [-0.2, -0.15) is 0 Å². The summed E-state index contributed by atoms with van der Waals surface area (Å²) in [4.78, 5) is 26.9. The smallest absolute Gasteiger partial charge is 0.325 e. The minimum Gasteiger partial charge on any atom is -0.490 e. The van der Waals surface area contributed by atoms with E-state index >= 15 is 0 Å². The third-order valence-electron chi connectivity index (χ3n) is 6.31. The molecule has 2 aliphatic rings. The minimum atomic E-state index is -0.951. The molecule has 1 saturated heterocycles. The van der Waals surface area contributed by atoms with Crippen molar-refractivity contribution < 1.29 is 19.4 Å². The number of aliphatic hydroxyl groups is 1. The number of carbonyl (C=O) groups excluding carboxylic acids is 2. The van der Waals surface area contributed by atoms with Gasteiger partial charge in [-0.1, -0.05) is 32.9 Å². The summed E-state index contributed by atoms with van der Waals surface area (Å²) in [7, 11) is 0. The monoisotopic (exact) mass is 402 g/mol. The number of hydrogen-bond acceptors (Lipinski definition) is 4. The summed E-state index contributed by atoms with van der Waals surface area (Å²) in [6.07, 6.45) is 1.35. The summed E-state index contributed by atoms with van der Waals surface area (Å²) in [6.45, 7) is 12.3. The van der Waals surface area contributed by atoms with Crippen LogP contribution in [0.15, 0.2) is 12.1 Å². The Labute approximate surface area is 173 Å². The molecular formula is C23H34N2O4. The van der Waals surface area contributed by atoms with E-state index in [1.165, 1.54) is 0 Å². The number of urea groups is 1. The molecule has 1 heterocycles. The number of hydrogen-bond donors (Lipinski definition) is 2. The number of ether oxygens (including phenoxy) is 1. The molecule has 1 saturated carbocycles. The summed E-state index contributed by atoms with van der Waals surface area (Å²) < 4.78 is 5.86. The average Bonchev–Trinajstić information content (AvgIpc) is 2.80. The Morgan fingerprint density at radius 1 is 1.21 bits per heavy atom. The van der Waals surface area contributed by atoms with E-state index in [1.807, 2.05) is 32.9 Å². The molecule has 0 bridgehead atoms. The Morgan fingerprint density at radius 2 is 1.86 bits per heavy atom. The van der Waals surface area contributed by atoms with Gasteiger partial charge in [0.2, 0.25) is 0 Å². The van der Waals surface area contributed by atoms with E-state index in [0.29, 0.717) is 18.8 Å². The van der Waals surface area contributed by atoms with Gasteiger partial charge in [0.15, 0.2) is 0 Å². The van der Waals surface area contributed by atoms with Crippen molar-refractivity contribution in [3.8, 4) is 5.75 Å². The molecule has 0 aromatic heterocycles. The van der Waals surface area contributed by atoms with Crippen LogP contribution in [-0.2, 0) is 4.79 Å². The average molecular weight is 403 g/mol. The first-order chi connectivity index (χ1) is 13.4. The van der Waals surface area contributed by atoms with Gasteiger partial charge < -0.3 is 15.2 Å². The molecule has 1 aliphatic carbocycles. The van der Waals surface area contributed by atoms with E-state index in [9.17, 15) is 14.7 Å². The fraction of sp³-hybridized carbons (Fsp3) is 0.652. The van der Waals surface area contributed by atoms with Gasteiger partial charge in [0.25, 0.3) is 5.91 Å². The fourth-order valence-corrected chi connectivity index (χ4v) is 5.26. The Balaban J connectivity index is 1.67. The molecule has 3 atom stereocenters. The lowest BCUT2D eigenvalue weighted by Crippen LogP contribution is -2.54. The van der Waals surface area contributed by atoms with Crippen LogP contribution >= 0.6 is 0 Å². The molecule has 3 rings (SSSR count). The van der Waals surface area contributed by atoms with Gasteiger partial charge in [0, 0.05) is 0 Å². The Kier molecular flexibility index (Phi) is 5.69. The molecule has 1 aromatic carbocycles. The molecule has 1 aliphatic heterocycles. The number of aliphatic hydroxyl groups excluding tert-OH is 1. The van der Waals surface area contributed by atoms with Crippen molar-refractivity contribution >= 4 is 11.9 Å². The zero-order valence-corrected chi connectivity index (χ0v) is 18.5. The van der Waals surface area contributed by atoms with Crippen LogP contribution in [0.4, 0.5) is 4.79 Å². The molecular weight excluding hydrogens is 368 g/mol. The topological polar surface area (TPSA) is 78.9 Å². The molecule has 160 valence electrons.